The van der Waals surface area contributed by atoms with Crippen molar-refractivity contribution in [2.24, 2.45) is 0 Å². The van der Waals surface area contributed by atoms with Crippen LogP contribution in [0.15, 0.2) is 24.3 Å². The largest absolute Gasteiger partial charge is 0.497 e. The fraction of sp³-hybridized carbons (Fsp3) is 0.200. The summed E-state index contributed by atoms with van der Waals surface area (Å²) < 4.78 is 9.32. The smallest absolute Gasteiger partial charge is 0.202 e. The van der Waals surface area contributed by atoms with Crippen LogP contribution >= 0.6 is 11.5 Å². The van der Waals surface area contributed by atoms with E-state index in [1.807, 2.05) is 31.3 Å². The summed E-state index contributed by atoms with van der Waals surface area (Å²) in [4.78, 5) is 4.31. The number of rotatable bonds is 3. The second-order valence-electron chi connectivity index (χ2n) is 2.90. The highest BCUT2D eigenvalue weighted by molar-refractivity contribution is 7.09. The number of aromatic nitrogens is 2. The summed E-state index contributed by atoms with van der Waals surface area (Å²) in [6.07, 6.45) is 0. The topological polar surface area (TPSA) is 47.0 Å². The Bertz CT molecular complexity index is 438. The monoisotopic (exact) mass is 221 g/mol. The van der Waals surface area contributed by atoms with Crippen LogP contribution in [0, 0.1) is 0 Å². The summed E-state index contributed by atoms with van der Waals surface area (Å²) in [5, 5.41) is 3.78. The Morgan fingerprint density at radius 2 is 2.00 bits per heavy atom. The van der Waals surface area contributed by atoms with Gasteiger partial charge in [-0.3, -0.25) is 0 Å². The van der Waals surface area contributed by atoms with Crippen LogP contribution in [0.4, 0.5) is 5.13 Å². The fourth-order valence-corrected chi connectivity index (χ4v) is 1.72. The molecule has 0 spiro atoms. The first kappa shape index (κ1) is 9.92. The van der Waals surface area contributed by atoms with Crippen LogP contribution in [0.25, 0.3) is 11.4 Å². The molecule has 0 aliphatic rings. The lowest BCUT2D eigenvalue weighted by atomic mass is 10.2. The highest BCUT2D eigenvalue weighted by atomic mass is 32.1. The van der Waals surface area contributed by atoms with E-state index in [0.717, 1.165) is 22.3 Å². The summed E-state index contributed by atoms with van der Waals surface area (Å²) in [6, 6.07) is 7.69. The molecule has 0 saturated heterocycles. The molecule has 1 heterocycles. The van der Waals surface area contributed by atoms with Crippen LogP contribution in [-0.4, -0.2) is 23.5 Å². The van der Waals surface area contributed by atoms with E-state index in [0.29, 0.717) is 0 Å². The third-order valence-electron chi connectivity index (χ3n) is 1.99. The Balaban J connectivity index is 2.28. The van der Waals surface area contributed by atoms with Gasteiger partial charge in [-0.25, -0.2) is 0 Å². The molecule has 5 heteroatoms. The minimum absolute atomic E-state index is 0.743. The maximum absolute atomic E-state index is 5.08. The number of nitrogens with zero attached hydrogens (tertiary/aromatic N) is 2. The van der Waals surface area contributed by atoms with E-state index >= 15 is 0 Å². The van der Waals surface area contributed by atoms with E-state index in [4.69, 9.17) is 4.74 Å². The van der Waals surface area contributed by atoms with Crippen molar-refractivity contribution in [3.63, 3.8) is 0 Å². The minimum atomic E-state index is 0.743. The van der Waals surface area contributed by atoms with Gasteiger partial charge < -0.3 is 10.1 Å². The highest BCUT2D eigenvalue weighted by Crippen LogP contribution is 2.22. The van der Waals surface area contributed by atoms with Crippen molar-refractivity contribution in [1.29, 1.82) is 0 Å². The fourth-order valence-electron chi connectivity index (χ4n) is 1.18. The van der Waals surface area contributed by atoms with Gasteiger partial charge in [0, 0.05) is 24.1 Å². The molecule has 0 fully saturated rings. The predicted molar refractivity (Wildman–Crippen MR) is 61.4 cm³/mol. The molecular formula is C10H11N3OS. The molecule has 15 heavy (non-hydrogen) atoms. The molecule has 0 unspecified atom stereocenters. The van der Waals surface area contributed by atoms with E-state index in [1.54, 1.807) is 7.11 Å². The Hall–Kier alpha value is -1.62. The summed E-state index contributed by atoms with van der Waals surface area (Å²) >= 11 is 1.35. The third kappa shape index (κ3) is 2.07. The van der Waals surface area contributed by atoms with E-state index < -0.39 is 0 Å². The van der Waals surface area contributed by atoms with E-state index in [9.17, 15) is 0 Å². The Morgan fingerprint density at radius 3 is 2.53 bits per heavy atom. The zero-order valence-corrected chi connectivity index (χ0v) is 9.34. The van der Waals surface area contributed by atoms with Gasteiger partial charge in [-0.2, -0.15) is 9.36 Å². The van der Waals surface area contributed by atoms with Crippen LogP contribution in [-0.2, 0) is 0 Å². The van der Waals surface area contributed by atoms with Crippen LogP contribution in [0.1, 0.15) is 0 Å². The molecule has 1 N–H and O–H groups in total. The maximum Gasteiger partial charge on any atom is 0.202 e. The first-order valence-corrected chi connectivity index (χ1v) is 5.26. The standard InChI is InChI=1S/C10H11N3OS/c1-11-10-12-9(13-15-10)7-3-5-8(14-2)6-4-7/h3-6H,1-2H3,(H,11,12,13). The molecule has 0 aliphatic carbocycles. The normalized spacial score (nSPS) is 10.0. The predicted octanol–water partition coefficient (Wildman–Crippen LogP) is 2.26. The maximum atomic E-state index is 5.08. The van der Waals surface area contributed by atoms with Gasteiger partial charge in [0.25, 0.3) is 0 Å². The summed E-state index contributed by atoms with van der Waals surface area (Å²) in [5.74, 6) is 1.58. The Morgan fingerprint density at radius 1 is 1.27 bits per heavy atom. The van der Waals surface area contributed by atoms with Gasteiger partial charge in [0.05, 0.1) is 7.11 Å². The molecule has 0 bridgehead atoms. The van der Waals surface area contributed by atoms with Crippen molar-refractivity contribution in [1.82, 2.24) is 9.36 Å². The lowest BCUT2D eigenvalue weighted by Crippen LogP contribution is -1.87. The van der Waals surface area contributed by atoms with E-state index in [-0.39, 0.29) is 0 Å². The van der Waals surface area contributed by atoms with E-state index in [1.165, 1.54) is 11.5 Å². The molecule has 0 saturated carbocycles. The molecular weight excluding hydrogens is 210 g/mol. The average Bonchev–Trinajstić information content (AvgIpc) is 2.78. The summed E-state index contributed by atoms with van der Waals surface area (Å²) in [7, 11) is 3.48. The molecule has 0 amide bonds. The van der Waals surface area contributed by atoms with Crippen molar-refractivity contribution in [3.8, 4) is 17.1 Å². The lowest BCUT2D eigenvalue weighted by molar-refractivity contribution is 0.415. The number of hydrogen-bond acceptors (Lipinski definition) is 5. The van der Waals surface area contributed by atoms with Crippen molar-refractivity contribution in [3.05, 3.63) is 24.3 Å². The number of nitrogens with one attached hydrogen (secondary N) is 1. The van der Waals surface area contributed by atoms with Crippen molar-refractivity contribution in [2.75, 3.05) is 19.5 Å². The van der Waals surface area contributed by atoms with Crippen molar-refractivity contribution < 1.29 is 4.74 Å². The number of anilines is 1. The first-order valence-electron chi connectivity index (χ1n) is 4.49. The second kappa shape index (κ2) is 4.27. The highest BCUT2D eigenvalue weighted by Gasteiger charge is 2.04. The number of methoxy groups -OCH3 is 1. The van der Waals surface area contributed by atoms with Gasteiger partial charge in [0.1, 0.15) is 5.75 Å². The van der Waals surface area contributed by atoms with Crippen LogP contribution in [0.5, 0.6) is 5.75 Å². The number of ether oxygens (including phenoxy) is 1. The zero-order chi connectivity index (χ0) is 10.7. The van der Waals surface area contributed by atoms with Gasteiger partial charge in [0.15, 0.2) is 5.82 Å². The van der Waals surface area contributed by atoms with E-state index in [2.05, 4.69) is 14.7 Å². The summed E-state index contributed by atoms with van der Waals surface area (Å²) in [6.45, 7) is 0. The molecule has 1 aromatic heterocycles. The molecule has 0 radical (unpaired) electrons. The zero-order valence-electron chi connectivity index (χ0n) is 8.52. The lowest BCUT2D eigenvalue weighted by Gasteiger charge is -1.99. The molecule has 4 nitrogen and oxygen atoms in total. The van der Waals surface area contributed by atoms with Gasteiger partial charge >= 0.3 is 0 Å². The molecule has 0 aliphatic heterocycles. The van der Waals surface area contributed by atoms with Crippen LogP contribution < -0.4 is 10.1 Å². The number of benzene rings is 1. The van der Waals surface area contributed by atoms with Gasteiger partial charge in [0.2, 0.25) is 5.13 Å². The molecule has 2 aromatic rings. The van der Waals surface area contributed by atoms with Crippen molar-refractivity contribution in [2.45, 2.75) is 0 Å². The van der Waals surface area contributed by atoms with Gasteiger partial charge in [-0.1, -0.05) is 0 Å². The molecule has 78 valence electrons. The Labute approximate surface area is 92.1 Å². The molecule has 0 atom stereocenters. The number of hydrogen-bond donors (Lipinski definition) is 1. The molecule has 2 rings (SSSR count). The SMILES string of the molecule is CNc1nc(-c2ccc(OC)cc2)ns1. The first-order chi connectivity index (χ1) is 7.33. The van der Waals surface area contributed by atoms with Gasteiger partial charge in [-0.15, -0.1) is 0 Å². The Kier molecular flexibility index (Phi) is 2.82. The quantitative estimate of drug-likeness (QED) is 0.863. The van der Waals surface area contributed by atoms with Crippen LogP contribution in [0.2, 0.25) is 0 Å². The van der Waals surface area contributed by atoms with Crippen molar-refractivity contribution >= 4 is 16.7 Å². The second-order valence-corrected chi connectivity index (χ2v) is 3.65. The summed E-state index contributed by atoms with van der Waals surface area (Å²) in [5.41, 5.74) is 0.994. The molecule has 1 aromatic carbocycles. The average molecular weight is 221 g/mol. The van der Waals surface area contributed by atoms with Crippen LogP contribution in [0.3, 0.4) is 0 Å². The third-order valence-corrected chi connectivity index (χ3v) is 2.72. The minimum Gasteiger partial charge on any atom is -0.497 e. The van der Waals surface area contributed by atoms with Gasteiger partial charge in [-0.05, 0) is 24.3 Å².